The van der Waals surface area contributed by atoms with Crippen molar-refractivity contribution < 1.29 is 19.1 Å². The molecule has 1 aliphatic rings. The Kier molecular flexibility index (Phi) is 4.75. The highest BCUT2D eigenvalue weighted by atomic mass is 16.5. The minimum Gasteiger partial charge on any atom is -0.463 e. The maximum absolute atomic E-state index is 11.6. The van der Waals surface area contributed by atoms with E-state index in [1.54, 1.807) is 33.2 Å². The van der Waals surface area contributed by atoms with Crippen LogP contribution in [0.1, 0.15) is 20.8 Å². The second kappa shape index (κ2) is 6.08. The predicted molar refractivity (Wildman–Crippen MR) is 61.7 cm³/mol. The van der Waals surface area contributed by atoms with Crippen LogP contribution < -0.4 is 5.32 Å². The molecular weight excluding hydrogens is 222 g/mol. The molecule has 1 heterocycles. The molecule has 1 aliphatic heterocycles. The number of ether oxygens (including phenoxy) is 2. The first-order chi connectivity index (χ1) is 8.11. The lowest BCUT2D eigenvalue weighted by Crippen LogP contribution is -2.26. The molecule has 0 fully saturated rings. The van der Waals surface area contributed by atoms with Gasteiger partial charge in [-0.3, -0.25) is 0 Å². The van der Waals surface area contributed by atoms with Gasteiger partial charge in [0.2, 0.25) is 0 Å². The minimum atomic E-state index is -0.414. The van der Waals surface area contributed by atoms with Crippen molar-refractivity contribution in [1.82, 2.24) is 5.32 Å². The lowest BCUT2D eigenvalue weighted by molar-refractivity contribution is -0.139. The first kappa shape index (κ1) is 13.3. The van der Waals surface area contributed by atoms with Gasteiger partial charge in [0.15, 0.2) is 0 Å². The van der Waals surface area contributed by atoms with E-state index in [4.69, 9.17) is 9.47 Å². The molecule has 1 rings (SSSR count). The second-order valence-corrected chi connectivity index (χ2v) is 3.53. The summed E-state index contributed by atoms with van der Waals surface area (Å²) in [5.41, 5.74) is 0.856. The molecule has 0 aromatic carbocycles. The average Bonchev–Trinajstić information content (AvgIpc) is 2.29. The summed E-state index contributed by atoms with van der Waals surface area (Å²) in [6.45, 7) is 5.86. The summed E-state index contributed by atoms with van der Waals surface area (Å²) >= 11 is 0. The molecule has 0 aliphatic carbocycles. The Hall–Kier alpha value is -1.78. The van der Waals surface area contributed by atoms with Crippen LogP contribution in [-0.2, 0) is 19.1 Å². The highest BCUT2D eigenvalue weighted by Crippen LogP contribution is 2.24. The van der Waals surface area contributed by atoms with Crippen LogP contribution in [0, 0.1) is 5.92 Å². The summed E-state index contributed by atoms with van der Waals surface area (Å²) in [5.74, 6) is -1.15. The van der Waals surface area contributed by atoms with E-state index in [1.165, 1.54) is 0 Å². The zero-order chi connectivity index (χ0) is 12.8. The van der Waals surface area contributed by atoms with Crippen molar-refractivity contribution in [3.8, 4) is 0 Å². The molecule has 0 radical (unpaired) electrons. The van der Waals surface area contributed by atoms with Gasteiger partial charge in [0.05, 0.1) is 24.4 Å². The van der Waals surface area contributed by atoms with Crippen molar-refractivity contribution in [3.05, 3.63) is 23.5 Å². The largest absolute Gasteiger partial charge is 0.463 e. The Labute approximate surface area is 100 Å². The van der Waals surface area contributed by atoms with Crippen LogP contribution >= 0.6 is 0 Å². The standard InChI is InChI=1S/C12H17NO4/c1-4-16-11(14)9-6-13-7-10(8(9)3)12(15)17-5-2/h6-8,13H,4-5H2,1-3H3. The maximum atomic E-state index is 11.6. The van der Waals surface area contributed by atoms with Gasteiger partial charge < -0.3 is 14.8 Å². The summed E-state index contributed by atoms with van der Waals surface area (Å²) < 4.78 is 9.83. The quantitative estimate of drug-likeness (QED) is 0.745. The number of esters is 2. The van der Waals surface area contributed by atoms with Gasteiger partial charge >= 0.3 is 11.9 Å². The van der Waals surface area contributed by atoms with E-state index < -0.39 is 11.9 Å². The van der Waals surface area contributed by atoms with E-state index in [0.717, 1.165) is 0 Å². The molecular formula is C12H17NO4. The third-order valence-corrected chi connectivity index (χ3v) is 2.43. The zero-order valence-corrected chi connectivity index (χ0v) is 10.3. The molecule has 0 aromatic heterocycles. The predicted octanol–water partition coefficient (Wildman–Crippen LogP) is 1.12. The van der Waals surface area contributed by atoms with Crippen molar-refractivity contribution in [2.24, 2.45) is 5.92 Å². The number of carbonyl (C=O) groups is 2. The smallest absolute Gasteiger partial charge is 0.336 e. The van der Waals surface area contributed by atoms with Gasteiger partial charge in [0.25, 0.3) is 0 Å². The number of dihydropyridines is 1. The molecule has 5 heteroatoms. The fourth-order valence-electron chi connectivity index (χ4n) is 1.54. The van der Waals surface area contributed by atoms with E-state index in [-0.39, 0.29) is 5.92 Å². The van der Waals surface area contributed by atoms with Crippen LogP contribution in [0.2, 0.25) is 0 Å². The van der Waals surface area contributed by atoms with Crippen molar-refractivity contribution in [2.45, 2.75) is 20.8 Å². The molecule has 0 amide bonds. The Morgan fingerprint density at radius 1 is 1.12 bits per heavy atom. The highest BCUT2D eigenvalue weighted by molar-refractivity contribution is 5.96. The Morgan fingerprint density at radius 3 is 1.88 bits per heavy atom. The molecule has 0 aromatic rings. The van der Waals surface area contributed by atoms with Gasteiger partial charge in [-0.25, -0.2) is 9.59 Å². The first-order valence-electron chi connectivity index (χ1n) is 5.62. The molecule has 0 spiro atoms. The Balaban J connectivity index is 2.77. The Morgan fingerprint density at radius 2 is 1.53 bits per heavy atom. The minimum absolute atomic E-state index is 0.307. The van der Waals surface area contributed by atoms with E-state index in [9.17, 15) is 9.59 Å². The van der Waals surface area contributed by atoms with Crippen LogP contribution in [-0.4, -0.2) is 25.2 Å². The van der Waals surface area contributed by atoms with E-state index in [2.05, 4.69) is 5.32 Å². The van der Waals surface area contributed by atoms with Gasteiger partial charge in [-0.15, -0.1) is 0 Å². The lowest BCUT2D eigenvalue weighted by Gasteiger charge is -2.20. The van der Waals surface area contributed by atoms with Gasteiger partial charge in [0.1, 0.15) is 0 Å². The molecule has 94 valence electrons. The van der Waals surface area contributed by atoms with E-state index >= 15 is 0 Å². The van der Waals surface area contributed by atoms with Gasteiger partial charge in [-0.05, 0) is 13.8 Å². The summed E-state index contributed by atoms with van der Waals surface area (Å²) in [7, 11) is 0. The van der Waals surface area contributed by atoms with Crippen molar-refractivity contribution >= 4 is 11.9 Å². The van der Waals surface area contributed by atoms with Gasteiger partial charge in [-0.2, -0.15) is 0 Å². The number of rotatable bonds is 4. The third-order valence-electron chi connectivity index (χ3n) is 2.43. The molecule has 0 saturated heterocycles. The summed E-state index contributed by atoms with van der Waals surface area (Å²) in [6.07, 6.45) is 3.09. The molecule has 17 heavy (non-hydrogen) atoms. The van der Waals surface area contributed by atoms with Crippen molar-refractivity contribution in [3.63, 3.8) is 0 Å². The molecule has 0 unspecified atom stereocenters. The number of nitrogens with one attached hydrogen (secondary N) is 1. The summed E-state index contributed by atoms with van der Waals surface area (Å²) in [6, 6.07) is 0. The summed E-state index contributed by atoms with van der Waals surface area (Å²) in [5, 5.41) is 2.77. The fraction of sp³-hybridized carbons (Fsp3) is 0.500. The van der Waals surface area contributed by atoms with Crippen LogP contribution in [0.15, 0.2) is 23.5 Å². The van der Waals surface area contributed by atoms with E-state index in [0.29, 0.717) is 24.4 Å². The number of carbonyl (C=O) groups excluding carboxylic acids is 2. The molecule has 0 atom stereocenters. The van der Waals surface area contributed by atoms with Crippen LogP contribution in [0.4, 0.5) is 0 Å². The van der Waals surface area contributed by atoms with Crippen LogP contribution in [0.25, 0.3) is 0 Å². The van der Waals surface area contributed by atoms with Gasteiger partial charge in [-0.1, -0.05) is 6.92 Å². The normalized spacial score (nSPS) is 15.5. The van der Waals surface area contributed by atoms with Crippen LogP contribution in [0.3, 0.4) is 0 Å². The number of hydrogen-bond donors (Lipinski definition) is 1. The van der Waals surface area contributed by atoms with Crippen LogP contribution in [0.5, 0.6) is 0 Å². The van der Waals surface area contributed by atoms with Gasteiger partial charge in [0, 0.05) is 18.3 Å². The molecule has 0 saturated carbocycles. The SMILES string of the molecule is CCOC(=O)C1=CNC=C(C(=O)OCC)C1C. The second-order valence-electron chi connectivity index (χ2n) is 3.53. The zero-order valence-electron chi connectivity index (χ0n) is 10.3. The lowest BCUT2D eigenvalue weighted by atomic mass is 9.92. The summed E-state index contributed by atoms with van der Waals surface area (Å²) in [4.78, 5) is 23.2. The first-order valence-corrected chi connectivity index (χ1v) is 5.62. The monoisotopic (exact) mass is 239 g/mol. The Bertz CT molecular complexity index is 337. The van der Waals surface area contributed by atoms with E-state index in [1.807, 2.05) is 0 Å². The third kappa shape index (κ3) is 3.09. The molecule has 5 nitrogen and oxygen atoms in total. The number of hydrogen-bond acceptors (Lipinski definition) is 5. The highest BCUT2D eigenvalue weighted by Gasteiger charge is 2.28. The molecule has 0 bridgehead atoms. The fourth-order valence-corrected chi connectivity index (χ4v) is 1.54. The molecule has 1 N–H and O–H groups in total. The van der Waals surface area contributed by atoms with Crippen molar-refractivity contribution in [1.29, 1.82) is 0 Å². The topological polar surface area (TPSA) is 64.6 Å². The van der Waals surface area contributed by atoms with Crippen molar-refractivity contribution in [2.75, 3.05) is 13.2 Å². The average molecular weight is 239 g/mol. The maximum Gasteiger partial charge on any atom is 0.336 e.